The molecule has 0 saturated carbocycles. The average Bonchev–Trinajstić information content (AvgIpc) is 3.07. The molecule has 4 aromatic carbocycles. The Hall–Kier alpha value is -5.28. The lowest BCUT2D eigenvalue weighted by molar-refractivity contribution is -0.146. The summed E-state index contributed by atoms with van der Waals surface area (Å²) in [5.41, 5.74) is 2.58. The van der Waals surface area contributed by atoms with Crippen molar-refractivity contribution in [3.05, 3.63) is 137 Å². The average molecular weight is 617 g/mol. The van der Waals surface area contributed by atoms with Gasteiger partial charge in [0, 0.05) is 27.3 Å². The molecule has 2 aliphatic rings. The number of allylic oxidation sites excluding steroid dienone is 2. The summed E-state index contributed by atoms with van der Waals surface area (Å²) in [4.78, 5) is 65.8. The van der Waals surface area contributed by atoms with Gasteiger partial charge in [0.25, 0.3) is 0 Å². The Kier molecular flexibility index (Phi) is 8.44. The smallest absolute Gasteiger partial charge is 0.307 e. The van der Waals surface area contributed by atoms with E-state index in [9.17, 15) is 29.1 Å². The third-order valence-corrected chi connectivity index (χ3v) is 9.28. The second-order valence-electron chi connectivity index (χ2n) is 10.8. The van der Waals surface area contributed by atoms with E-state index in [1.807, 2.05) is 36.4 Å². The van der Waals surface area contributed by atoms with E-state index in [2.05, 4.69) is 10.6 Å². The van der Waals surface area contributed by atoms with Gasteiger partial charge in [0.05, 0.1) is 23.1 Å². The molecular formula is C36H28N2O6S. The summed E-state index contributed by atoms with van der Waals surface area (Å²) in [5, 5.41) is 14.5. The monoisotopic (exact) mass is 616 g/mol. The van der Waals surface area contributed by atoms with Crippen molar-refractivity contribution in [3.8, 4) is 0 Å². The zero-order valence-electron chi connectivity index (χ0n) is 23.9. The van der Waals surface area contributed by atoms with Crippen LogP contribution in [0.1, 0.15) is 55.5 Å². The number of thioether (sulfide) groups is 1. The van der Waals surface area contributed by atoms with Gasteiger partial charge >= 0.3 is 5.97 Å². The number of nitrogens with one attached hydrogen (secondary N) is 2. The maximum Gasteiger partial charge on any atom is 0.307 e. The van der Waals surface area contributed by atoms with Gasteiger partial charge in [0.15, 0.2) is 11.6 Å². The molecule has 3 atom stereocenters. The first-order chi connectivity index (χ1) is 21.8. The molecule has 8 nitrogen and oxygen atoms in total. The Labute approximate surface area is 263 Å². The van der Waals surface area contributed by atoms with Crippen LogP contribution in [0.4, 0.5) is 11.4 Å². The fourth-order valence-electron chi connectivity index (χ4n) is 5.71. The molecule has 6 rings (SSSR count). The van der Waals surface area contributed by atoms with Crippen molar-refractivity contribution in [2.75, 3.05) is 10.6 Å². The normalized spacial score (nSPS) is 17.5. The molecule has 2 amide bonds. The van der Waals surface area contributed by atoms with E-state index in [0.29, 0.717) is 29.7 Å². The number of benzene rings is 4. The summed E-state index contributed by atoms with van der Waals surface area (Å²) >= 11 is 1.29. The van der Waals surface area contributed by atoms with Gasteiger partial charge in [-0.1, -0.05) is 78.9 Å². The number of anilines is 2. The molecule has 3 unspecified atom stereocenters. The number of amides is 2. The minimum atomic E-state index is -0.992. The minimum absolute atomic E-state index is 0.171. The molecule has 45 heavy (non-hydrogen) atoms. The summed E-state index contributed by atoms with van der Waals surface area (Å²) < 4.78 is 0. The number of hydrogen-bond donors (Lipinski definition) is 3. The van der Waals surface area contributed by atoms with Gasteiger partial charge in [-0.3, -0.25) is 24.0 Å². The largest absolute Gasteiger partial charge is 0.481 e. The van der Waals surface area contributed by atoms with E-state index in [1.165, 1.54) is 11.8 Å². The summed E-state index contributed by atoms with van der Waals surface area (Å²) in [6.07, 6.45) is 4.30. The van der Waals surface area contributed by atoms with Crippen LogP contribution >= 0.6 is 11.8 Å². The molecule has 0 radical (unpaired) electrons. The molecule has 0 aromatic heterocycles. The zero-order chi connectivity index (χ0) is 31.5. The second-order valence-corrected chi connectivity index (χ2v) is 12.0. The lowest BCUT2D eigenvalue weighted by atomic mass is 9.82. The molecule has 0 saturated heterocycles. The number of carbonyl (C=O) groups excluding carboxylic acids is 4. The number of hydrogen-bond acceptors (Lipinski definition) is 6. The van der Waals surface area contributed by atoms with Crippen molar-refractivity contribution < 1.29 is 29.1 Å². The van der Waals surface area contributed by atoms with Gasteiger partial charge in [0.2, 0.25) is 11.8 Å². The van der Waals surface area contributed by atoms with Gasteiger partial charge in [-0.2, -0.15) is 0 Å². The fraction of sp³-hybridized carbons (Fsp3) is 0.139. The van der Waals surface area contributed by atoms with E-state index in [1.54, 1.807) is 72.8 Å². The van der Waals surface area contributed by atoms with Crippen molar-refractivity contribution in [2.45, 2.75) is 23.0 Å². The summed E-state index contributed by atoms with van der Waals surface area (Å²) in [6.45, 7) is 0. The predicted molar refractivity (Wildman–Crippen MR) is 171 cm³/mol. The van der Waals surface area contributed by atoms with Gasteiger partial charge in [-0.25, -0.2) is 0 Å². The third-order valence-electron chi connectivity index (χ3n) is 8.01. The number of carboxylic acids is 1. The second kappa shape index (κ2) is 12.8. The van der Waals surface area contributed by atoms with Crippen molar-refractivity contribution in [1.82, 2.24) is 0 Å². The van der Waals surface area contributed by atoms with Crippen LogP contribution in [0.2, 0.25) is 0 Å². The molecule has 4 aromatic rings. The highest BCUT2D eigenvalue weighted by atomic mass is 32.2. The van der Waals surface area contributed by atoms with Crippen molar-refractivity contribution in [1.29, 1.82) is 0 Å². The van der Waals surface area contributed by atoms with Crippen molar-refractivity contribution in [3.63, 3.8) is 0 Å². The third kappa shape index (κ3) is 6.07. The van der Waals surface area contributed by atoms with E-state index in [0.717, 1.165) is 10.5 Å². The topological polar surface area (TPSA) is 130 Å². The Morgan fingerprint density at radius 3 is 2.00 bits per heavy atom. The van der Waals surface area contributed by atoms with E-state index in [4.69, 9.17) is 0 Å². The van der Waals surface area contributed by atoms with E-state index >= 15 is 0 Å². The van der Waals surface area contributed by atoms with Gasteiger partial charge in [-0.05, 0) is 48.7 Å². The van der Waals surface area contributed by atoms with Crippen LogP contribution < -0.4 is 10.6 Å². The van der Waals surface area contributed by atoms with Crippen LogP contribution in [-0.2, 0) is 14.4 Å². The lowest BCUT2D eigenvalue weighted by Crippen LogP contribution is -2.34. The van der Waals surface area contributed by atoms with Crippen LogP contribution in [0.5, 0.6) is 0 Å². The maximum atomic E-state index is 13.9. The van der Waals surface area contributed by atoms with E-state index < -0.39 is 23.1 Å². The summed E-state index contributed by atoms with van der Waals surface area (Å²) in [5.74, 6) is -3.74. The predicted octanol–water partition coefficient (Wildman–Crippen LogP) is 6.54. The molecular weight excluding hydrogens is 588 g/mol. The SMILES string of the molecule is O=C1c2ccccc2C(=O)c2c(NC(=O)C(Sc3ccc(NC(=O)C4CC=CCC4C(=O)O)cc3)c3ccccc3)cccc21. The Morgan fingerprint density at radius 1 is 0.689 bits per heavy atom. The number of carboxylic acid groups (broad SMARTS) is 1. The van der Waals surface area contributed by atoms with Crippen LogP contribution in [-0.4, -0.2) is 34.5 Å². The molecule has 0 bridgehead atoms. The zero-order valence-corrected chi connectivity index (χ0v) is 24.8. The van der Waals surface area contributed by atoms with Gasteiger partial charge < -0.3 is 15.7 Å². The van der Waals surface area contributed by atoms with Crippen molar-refractivity contribution >= 4 is 52.5 Å². The molecule has 224 valence electrons. The summed E-state index contributed by atoms with van der Waals surface area (Å²) in [7, 11) is 0. The van der Waals surface area contributed by atoms with Crippen LogP contribution in [0.25, 0.3) is 0 Å². The summed E-state index contributed by atoms with van der Waals surface area (Å²) in [6, 6.07) is 27.7. The first kappa shape index (κ1) is 29.8. The minimum Gasteiger partial charge on any atom is -0.481 e. The highest BCUT2D eigenvalue weighted by molar-refractivity contribution is 8.00. The fourth-order valence-corrected chi connectivity index (χ4v) is 6.74. The number of ketones is 2. The highest BCUT2D eigenvalue weighted by Crippen LogP contribution is 2.38. The Morgan fingerprint density at radius 2 is 1.31 bits per heavy atom. The quantitative estimate of drug-likeness (QED) is 0.133. The molecule has 0 fully saturated rings. The molecule has 3 N–H and O–H groups in total. The number of rotatable bonds is 8. The molecule has 9 heteroatoms. The standard InChI is InChI=1S/C36H28N2O6S/c39-31-24-11-4-5-12-25(24)32(40)30-28(31)15-8-16-29(30)38-35(42)33(21-9-2-1-3-10-21)45-23-19-17-22(18-20-23)37-34(41)26-13-6-7-14-27(26)36(43)44/h1-12,15-20,26-27,33H,13-14H2,(H,37,41)(H,38,42)(H,43,44). The first-order valence-corrected chi connectivity index (χ1v) is 15.3. The first-order valence-electron chi connectivity index (χ1n) is 14.4. The van der Waals surface area contributed by atoms with Gasteiger partial charge in [0.1, 0.15) is 5.25 Å². The molecule has 0 aliphatic heterocycles. The van der Waals surface area contributed by atoms with E-state index in [-0.39, 0.29) is 40.2 Å². The molecule has 0 heterocycles. The Balaban J connectivity index is 1.22. The maximum absolute atomic E-state index is 13.9. The molecule has 2 aliphatic carbocycles. The lowest BCUT2D eigenvalue weighted by Gasteiger charge is -2.24. The van der Waals surface area contributed by atoms with Crippen molar-refractivity contribution in [2.24, 2.45) is 11.8 Å². The van der Waals surface area contributed by atoms with Crippen LogP contribution in [0.15, 0.2) is 114 Å². The number of carbonyl (C=O) groups is 5. The van der Waals surface area contributed by atoms with Gasteiger partial charge in [-0.15, -0.1) is 11.8 Å². The van der Waals surface area contributed by atoms with Crippen LogP contribution in [0, 0.1) is 11.8 Å². The Bertz CT molecular complexity index is 1850. The number of fused-ring (bicyclic) bond motifs is 2. The molecule has 0 spiro atoms. The number of aliphatic carboxylic acids is 1. The van der Waals surface area contributed by atoms with Crippen LogP contribution in [0.3, 0.4) is 0 Å². The highest BCUT2D eigenvalue weighted by Gasteiger charge is 2.35.